The summed E-state index contributed by atoms with van der Waals surface area (Å²) in [5.41, 5.74) is 4.25. The number of halogens is 3. The first-order chi connectivity index (χ1) is 9.52. The summed E-state index contributed by atoms with van der Waals surface area (Å²) in [7, 11) is 0. The summed E-state index contributed by atoms with van der Waals surface area (Å²) in [5, 5.41) is 8.92. The van der Waals surface area contributed by atoms with E-state index in [0.29, 0.717) is 18.4 Å². The van der Waals surface area contributed by atoms with E-state index in [9.17, 15) is 18.0 Å². The van der Waals surface area contributed by atoms with Gasteiger partial charge in [-0.3, -0.25) is 4.79 Å². The van der Waals surface area contributed by atoms with E-state index in [2.05, 4.69) is 0 Å². The summed E-state index contributed by atoms with van der Waals surface area (Å²) in [6.45, 7) is 3.31. The van der Waals surface area contributed by atoms with Crippen LogP contribution in [0, 0.1) is 5.92 Å². The summed E-state index contributed by atoms with van der Waals surface area (Å²) in [4.78, 5) is 10.9. The highest BCUT2D eigenvalue weighted by molar-refractivity contribution is 5.77. The summed E-state index contributed by atoms with van der Waals surface area (Å²) >= 11 is 0. The maximum absolute atomic E-state index is 12.6. The van der Waals surface area contributed by atoms with Gasteiger partial charge in [-0.25, -0.2) is 0 Å². The zero-order valence-corrected chi connectivity index (χ0v) is 12.1. The molecule has 1 rings (SSSR count). The fraction of sp³-hybridized carbons (Fsp3) is 0.533. The molecule has 2 unspecified atom stereocenters. The molecule has 0 radical (unpaired) electrons. The lowest BCUT2D eigenvalue weighted by Crippen LogP contribution is -2.45. The van der Waals surface area contributed by atoms with Gasteiger partial charge in [-0.05, 0) is 43.7 Å². The van der Waals surface area contributed by atoms with Crippen LogP contribution in [-0.2, 0) is 17.4 Å². The average Bonchev–Trinajstić information content (AvgIpc) is 2.35. The zero-order chi connectivity index (χ0) is 16.3. The Morgan fingerprint density at radius 1 is 1.38 bits per heavy atom. The number of rotatable bonds is 6. The van der Waals surface area contributed by atoms with Gasteiger partial charge >= 0.3 is 12.1 Å². The van der Waals surface area contributed by atoms with Crippen molar-refractivity contribution in [3.8, 4) is 0 Å². The van der Waals surface area contributed by atoms with Crippen LogP contribution in [0.4, 0.5) is 13.2 Å². The molecule has 0 saturated heterocycles. The number of carbonyl (C=O) groups is 1. The van der Waals surface area contributed by atoms with Crippen molar-refractivity contribution in [2.75, 3.05) is 0 Å². The van der Waals surface area contributed by atoms with Crippen LogP contribution in [0.1, 0.15) is 37.8 Å². The van der Waals surface area contributed by atoms with Gasteiger partial charge in [-0.15, -0.1) is 0 Å². The van der Waals surface area contributed by atoms with Gasteiger partial charge in [0.1, 0.15) is 5.54 Å². The van der Waals surface area contributed by atoms with Gasteiger partial charge in [0.2, 0.25) is 0 Å². The van der Waals surface area contributed by atoms with Crippen molar-refractivity contribution in [1.82, 2.24) is 0 Å². The molecule has 0 bridgehead atoms. The minimum atomic E-state index is -4.35. The molecule has 3 N–H and O–H groups in total. The molecule has 0 heterocycles. The number of carboxylic acid groups (broad SMARTS) is 1. The van der Waals surface area contributed by atoms with Crippen LogP contribution in [0.15, 0.2) is 24.3 Å². The molecule has 0 fully saturated rings. The van der Waals surface area contributed by atoms with Crippen molar-refractivity contribution in [2.24, 2.45) is 11.7 Å². The van der Waals surface area contributed by atoms with Gasteiger partial charge in [0.05, 0.1) is 5.56 Å². The van der Waals surface area contributed by atoms with Gasteiger partial charge in [-0.1, -0.05) is 25.1 Å². The molecule has 21 heavy (non-hydrogen) atoms. The normalized spacial score (nSPS) is 16.3. The highest BCUT2D eigenvalue weighted by atomic mass is 19.4. The third-order valence-electron chi connectivity index (χ3n) is 3.48. The fourth-order valence-corrected chi connectivity index (χ4v) is 2.03. The third kappa shape index (κ3) is 5.38. The molecule has 1 aromatic rings. The van der Waals surface area contributed by atoms with Crippen molar-refractivity contribution in [3.63, 3.8) is 0 Å². The van der Waals surface area contributed by atoms with E-state index in [1.54, 1.807) is 6.07 Å². The van der Waals surface area contributed by atoms with Crippen LogP contribution >= 0.6 is 0 Å². The Kier molecular flexibility index (Phi) is 5.39. The topological polar surface area (TPSA) is 63.3 Å². The van der Waals surface area contributed by atoms with E-state index in [1.165, 1.54) is 13.0 Å². The van der Waals surface area contributed by atoms with Gasteiger partial charge in [0.25, 0.3) is 0 Å². The summed E-state index contributed by atoms with van der Waals surface area (Å²) in [6, 6.07) is 5.20. The predicted octanol–water partition coefficient (Wildman–Crippen LogP) is 3.47. The fourth-order valence-electron chi connectivity index (χ4n) is 2.03. The van der Waals surface area contributed by atoms with Crippen LogP contribution in [-0.4, -0.2) is 16.6 Å². The Morgan fingerprint density at radius 3 is 2.52 bits per heavy atom. The number of carboxylic acids is 1. The van der Waals surface area contributed by atoms with Crippen molar-refractivity contribution in [1.29, 1.82) is 0 Å². The Labute approximate surface area is 122 Å². The molecule has 0 spiro atoms. The van der Waals surface area contributed by atoms with E-state index in [1.807, 2.05) is 6.92 Å². The second kappa shape index (κ2) is 6.47. The minimum absolute atomic E-state index is 0.0516. The lowest BCUT2D eigenvalue weighted by atomic mass is 9.89. The molecule has 0 amide bonds. The first-order valence-corrected chi connectivity index (χ1v) is 6.71. The van der Waals surface area contributed by atoms with Gasteiger partial charge in [0.15, 0.2) is 0 Å². The largest absolute Gasteiger partial charge is 0.480 e. The predicted molar refractivity (Wildman–Crippen MR) is 73.8 cm³/mol. The lowest BCUT2D eigenvalue weighted by molar-refractivity contribution is -0.143. The van der Waals surface area contributed by atoms with E-state index in [4.69, 9.17) is 10.8 Å². The van der Waals surface area contributed by atoms with Crippen molar-refractivity contribution in [3.05, 3.63) is 35.4 Å². The van der Waals surface area contributed by atoms with Crippen LogP contribution in [0.3, 0.4) is 0 Å². The summed E-state index contributed by atoms with van der Waals surface area (Å²) in [6.07, 6.45) is -3.07. The number of aliphatic carboxylic acids is 1. The van der Waals surface area contributed by atoms with Crippen LogP contribution < -0.4 is 5.73 Å². The number of hydrogen-bond donors (Lipinski definition) is 2. The molecule has 2 atom stereocenters. The maximum atomic E-state index is 12.6. The van der Waals surface area contributed by atoms with E-state index >= 15 is 0 Å². The molecule has 0 aliphatic carbocycles. The SMILES string of the molecule is CC(CCC(C)(N)C(=O)O)Cc1cccc(C(F)(F)F)c1. The molecular formula is C15H20F3NO2. The number of nitrogens with two attached hydrogens (primary N) is 1. The maximum Gasteiger partial charge on any atom is 0.416 e. The van der Waals surface area contributed by atoms with Crippen LogP contribution in [0.25, 0.3) is 0 Å². The van der Waals surface area contributed by atoms with Crippen LogP contribution in [0.5, 0.6) is 0 Å². The molecule has 0 saturated carbocycles. The lowest BCUT2D eigenvalue weighted by Gasteiger charge is -2.21. The van der Waals surface area contributed by atoms with E-state index < -0.39 is 23.2 Å². The standard InChI is InChI=1S/C15H20F3NO2/c1-10(6-7-14(2,19)13(20)21)8-11-4-3-5-12(9-11)15(16,17)18/h3-5,9-10H,6-8,19H2,1-2H3,(H,20,21). The number of alkyl halides is 3. The smallest absolute Gasteiger partial charge is 0.416 e. The molecule has 3 nitrogen and oxygen atoms in total. The van der Waals surface area contributed by atoms with Gasteiger partial charge in [-0.2, -0.15) is 13.2 Å². The summed E-state index contributed by atoms with van der Waals surface area (Å²) in [5.74, 6) is -1.02. The van der Waals surface area contributed by atoms with E-state index in [-0.39, 0.29) is 12.3 Å². The number of hydrogen-bond acceptors (Lipinski definition) is 2. The quantitative estimate of drug-likeness (QED) is 0.846. The third-order valence-corrected chi connectivity index (χ3v) is 3.48. The molecular weight excluding hydrogens is 283 g/mol. The molecule has 0 aliphatic heterocycles. The molecule has 0 aromatic heterocycles. The minimum Gasteiger partial charge on any atom is -0.480 e. The first-order valence-electron chi connectivity index (χ1n) is 6.71. The van der Waals surface area contributed by atoms with Crippen molar-refractivity contribution < 1.29 is 23.1 Å². The molecule has 6 heteroatoms. The van der Waals surface area contributed by atoms with Crippen molar-refractivity contribution >= 4 is 5.97 Å². The second-order valence-electron chi connectivity index (χ2n) is 5.77. The highest BCUT2D eigenvalue weighted by Gasteiger charge is 2.31. The van der Waals surface area contributed by atoms with Gasteiger partial charge in [0, 0.05) is 0 Å². The average molecular weight is 303 g/mol. The highest BCUT2D eigenvalue weighted by Crippen LogP contribution is 2.30. The monoisotopic (exact) mass is 303 g/mol. The van der Waals surface area contributed by atoms with Crippen molar-refractivity contribution in [2.45, 2.75) is 44.8 Å². The Hall–Kier alpha value is -1.56. The number of benzene rings is 1. The van der Waals surface area contributed by atoms with E-state index in [0.717, 1.165) is 12.1 Å². The molecule has 118 valence electrons. The summed E-state index contributed by atoms with van der Waals surface area (Å²) < 4.78 is 37.9. The van der Waals surface area contributed by atoms with Crippen LogP contribution in [0.2, 0.25) is 0 Å². The zero-order valence-electron chi connectivity index (χ0n) is 12.1. The van der Waals surface area contributed by atoms with Gasteiger partial charge < -0.3 is 10.8 Å². The first kappa shape index (κ1) is 17.5. The molecule has 0 aliphatic rings. The second-order valence-corrected chi connectivity index (χ2v) is 5.77. The Bertz CT molecular complexity index is 498. The Balaban J connectivity index is 2.63. The molecule has 1 aromatic carbocycles. The Morgan fingerprint density at radius 2 is 2.00 bits per heavy atom.